The van der Waals surface area contributed by atoms with Crippen molar-refractivity contribution in [2.45, 2.75) is 45.3 Å². The molecule has 1 aliphatic carbocycles. The van der Waals surface area contributed by atoms with Crippen LogP contribution in [-0.2, 0) is 6.61 Å². The fourth-order valence-electron chi connectivity index (χ4n) is 5.95. The van der Waals surface area contributed by atoms with Crippen molar-refractivity contribution in [1.82, 2.24) is 19.4 Å². The van der Waals surface area contributed by atoms with E-state index in [-0.39, 0.29) is 0 Å². The highest BCUT2D eigenvalue weighted by Crippen LogP contribution is 2.45. The van der Waals surface area contributed by atoms with Crippen LogP contribution in [0.15, 0.2) is 60.9 Å². The second kappa shape index (κ2) is 9.34. The summed E-state index contributed by atoms with van der Waals surface area (Å²) in [6, 6.07) is 19.0. The summed E-state index contributed by atoms with van der Waals surface area (Å²) in [6.07, 6.45) is 6.70. The number of benzene rings is 2. The maximum Gasteiger partial charge on any atom is 0.146 e. The number of aromatic nitrogens is 3. The molecule has 2 aromatic heterocycles. The van der Waals surface area contributed by atoms with Gasteiger partial charge in [-0.15, -0.1) is 0 Å². The molecule has 0 atom stereocenters. The quantitative estimate of drug-likeness (QED) is 0.382. The van der Waals surface area contributed by atoms with Crippen molar-refractivity contribution in [2.75, 3.05) is 25.4 Å². The fourth-order valence-corrected chi connectivity index (χ4v) is 5.95. The summed E-state index contributed by atoms with van der Waals surface area (Å²) in [5, 5.41) is 0.952. The molecule has 6 rings (SSSR count). The van der Waals surface area contributed by atoms with E-state index < -0.39 is 0 Å². The molecule has 0 unspecified atom stereocenters. The lowest BCUT2D eigenvalue weighted by Gasteiger charge is -2.39. The molecule has 35 heavy (non-hydrogen) atoms. The van der Waals surface area contributed by atoms with Crippen molar-refractivity contribution >= 4 is 16.9 Å². The topological polar surface area (TPSA) is 69.2 Å². The Morgan fingerprint density at radius 3 is 2.60 bits per heavy atom. The zero-order chi connectivity index (χ0) is 23.8. The lowest BCUT2D eigenvalue weighted by atomic mass is 9.79. The maximum atomic E-state index is 6.44. The minimum Gasteiger partial charge on any atom is -0.489 e. The summed E-state index contributed by atoms with van der Waals surface area (Å²) in [5.41, 5.74) is 12.0. The van der Waals surface area contributed by atoms with Crippen LogP contribution in [0.4, 0.5) is 5.82 Å². The van der Waals surface area contributed by atoms with Crippen LogP contribution in [0, 0.1) is 12.8 Å². The Morgan fingerprint density at radius 1 is 1.00 bits per heavy atom. The number of fused-ring (bicyclic) bond motifs is 1. The second-order valence-corrected chi connectivity index (χ2v) is 10.1. The number of nitrogen functional groups attached to an aromatic ring is 1. The average Bonchev–Trinajstić information content (AvgIpc) is 3.47. The Bertz CT molecular complexity index is 1320. The molecule has 0 bridgehead atoms. The number of likely N-dealkylation sites (tertiary alicyclic amines) is 1. The first kappa shape index (κ1) is 22.1. The molecule has 2 aromatic carbocycles. The van der Waals surface area contributed by atoms with Crippen molar-refractivity contribution < 1.29 is 4.74 Å². The van der Waals surface area contributed by atoms with Gasteiger partial charge in [-0.2, -0.15) is 0 Å². The molecule has 180 valence electrons. The van der Waals surface area contributed by atoms with E-state index in [4.69, 9.17) is 15.5 Å². The molecule has 3 heterocycles. The molecule has 6 heteroatoms. The molecule has 1 aliphatic heterocycles. The van der Waals surface area contributed by atoms with Gasteiger partial charge in [0.05, 0.1) is 5.39 Å². The molecule has 6 nitrogen and oxygen atoms in total. The smallest absolute Gasteiger partial charge is 0.146 e. The first-order chi connectivity index (χ1) is 17.2. The van der Waals surface area contributed by atoms with Gasteiger partial charge < -0.3 is 19.9 Å². The Balaban J connectivity index is 1.29. The predicted molar refractivity (Wildman–Crippen MR) is 140 cm³/mol. The van der Waals surface area contributed by atoms with Crippen LogP contribution >= 0.6 is 0 Å². The molecule has 2 fully saturated rings. The van der Waals surface area contributed by atoms with E-state index in [0.717, 1.165) is 39.4 Å². The average molecular weight is 468 g/mol. The third kappa shape index (κ3) is 4.27. The van der Waals surface area contributed by atoms with E-state index in [9.17, 15) is 0 Å². The minimum absolute atomic E-state index is 0.464. The Hall–Kier alpha value is -3.38. The van der Waals surface area contributed by atoms with Crippen LogP contribution in [0.3, 0.4) is 0 Å². The third-order valence-corrected chi connectivity index (χ3v) is 7.72. The molecular weight excluding hydrogens is 434 g/mol. The van der Waals surface area contributed by atoms with Gasteiger partial charge in [-0.25, -0.2) is 9.97 Å². The molecule has 1 saturated carbocycles. The molecule has 0 spiro atoms. The highest BCUT2D eigenvalue weighted by Gasteiger charge is 2.35. The van der Waals surface area contributed by atoms with Gasteiger partial charge in [0, 0.05) is 23.8 Å². The number of hydrogen-bond donors (Lipinski definition) is 1. The summed E-state index contributed by atoms with van der Waals surface area (Å²) in [7, 11) is 0. The number of rotatable bonds is 7. The van der Waals surface area contributed by atoms with Gasteiger partial charge in [-0.05, 0) is 74.9 Å². The van der Waals surface area contributed by atoms with Crippen LogP contribution in [0.1, 0.15) is 43.0 Å². The first-order valence-corrected chi connectivity index (χ1v) is 12.8. The van der Waals surface area contributed by atoms with Gasteiger partial charge in [-0.1, -0.05) is 42.5 Å². The summed E-state index contributed by atoms with van der Waals surface area (Å²) in [4.78, 5) is 11.7. The van der Waals surface area contributed by atoms with Gasteiger partial charge in [0.2, 0.25) is 0 Å². The van der Waals surface area contributed by atoms with Crippen molar-refractivity contribution in [3.63, 3.8) is 0 Å². The fraction of sp³-hybridized carbons (Fsp3) is 0.379. The number of nitrogens with two attached hydrogens (primary N) is 1. The van der Waals surface area contributed by atoms with Crippen molar-refractivity contribution in [3.05, 3.63) is 72.2 Å². The lowest BCUT2D eigenvalue weighted by Crippen LogP contribution is -2.36. The standard InChI is InChI=1S/C29H33N5O/c1-20-26(23-10-7-11-25(16-23)35-18-21-8-3-2-4-9-21)27-28(30)31-19-32-29(27)34(20)24-14-22(15-24)17-33-12-5-6-13-33/h2-4,7-11,16,19,22,24H,5-6,12-15,17-18H2,1H3,(H2,30,31,32)/t22-,24-. The van der Waals surface area contributed by atoms with Crippen LogP contribution in [0.5, 0.6) is 5.75 Å². The molecule has 4 aromatic rings. The van der Waals surface area contributed by atoms with Gasteiger partial charge in [0.15, 0.2) is 0 Å². The predicted octanol–water partition coefficient (Wildman–Crippen LogP) is 5.61. The highest BCUT2D eigenvalue weighted by molar-refractivity contribution is 6.02. The molecule has 0 amide bonds. The van der Waals surface area contributed by atoms with Gasteiger partial charge in [-0.3, -0.25) is 0 Å². The molecular formula is C29H33N5O. The lowest BCUT2D eigenvalue weighted by molar-refractivity contribution is 0.144. The Labute approximate surface area is 206 Å². The van der Waals surface area contributed by atoms with E-state index in [1.165, 1.54) is 51.0 Å². The Morgan fingerprint density at radius 2 is 1.80 bits per heavy atom. The monoisotopic (exact) mass is 467 g/mol. The number of nitrogens with zero attached hydrogens (tertiary/aromatic N) is 4. The molecule has 0 radical (unpaired) electrons. The maximum absolute atomic E-state index is 6.44. The van der Waals surface area contributed by atoms with Crippen LogP contribution in [-0.4, -0.2) is 39.1 Å². The zero-order valence-corrected chi connectivity index (χ0v) is 20.4. The van der Waals surface area contributed by atoms with Crippen LogP contribution in [0.25, 0.3) is 22.2 Å². The van der Waals surface area contributed by atoms with Gasteiger partial charge >= 0.3 is 0 Å². The number of ether oxygens (including phenoxy) is 1. The van der Waals surface area contributed by atoms with Crippen molar-refractivity contribution in [2.24, 2.45) is 5.92 Å². The third-order valence-electron chi connectivity index (χ3n) is 7.72. The van der Waals surface area contributed by atoms with E-state index in [0.29, 0.717) is 18.5 Å². The molecule has 2 N–H and O–H groups in total. The van der Waals surface area contributed by atoms with Gasteiger partial charge in [0.25, 0.3) is 0 Å². The zero-order valence-electron chi connectivity index (χ0n) is 20.4. The number of anilines is 1. The van der Waals surface area contributed by atoms with Crippen LogP contribution < -0.4 is 10.5 Å². The van der Waals surface area contributed by atoms with Gasteiger partial charge in [0.1, 0.15) is 30.1 Å². The summed E-state index contributed by atoms with van der Waals surface area (Å²) >= 11 is 0. The summed E-state index contributed by atoms with van der Waals surface area (Å²) in [6.45, 7) is 6.50. The highest BCUT2D eigenvalue weighted by atomic mass is 16.5. The van der Waals surface area contributed by atoms with E-state index in [1.807, 2.05) is 30.3 Å². The normalized spacial score (nSPS) is 20.3. The Kier molecular flexibility index (Phi) is 5.90. The minimum atomic E-state index is 0.464. The van der Waals surface area contributed by atoms with E-state index in [1.54, 1.807) is 6.33 Å². The van der Waals surface area contributed by atoms with Crippen LogP contribution in [0.2, 0.25) is 0 Å². The van der Waals surface area contributed by atoms with E-state index in [2.05, 4.69) is 45.6 Å². The largest absolute Gasteiger partial charge is 0.489 e. The molecule has 2 aliphatic rings. The van der Waals surface area contributed by atoms with Crippen molar-refractivity contribution in [3.8, 4) is 16.9 Å². The summed E-state index contributed by atoms with van der Waals surface area (Å²) in [5.74, 6) is 2.15. The first-order valence-electron chi connectivity index (χ1n) is 12.8. The van der Waals surface area contributed by atoms with Crippen molar-refractivity contribution in [1.29, 1.82) is 0 Å². The second-order valence-electron chi connectivity index (χ2n) is 10.1. The van der Waals surface area contributed by atoms with E-state index >= 15 is 0 Å². The summed E-state index contributed by atoms with van der Waals surface area (Å²) < 4.78 is 8.54. The molecule has 1 saturated heterocycles. The number of hydrogen-bond acceptors (Lipinski definition) is 5. The SMILES string of the molecule is Cc1c(-c2cccc(OCc3ccccc3)c2)c2c(N)ncnc2n1[C@H]1C[C@H](CN2CCCC2)C1.